The highest BCUT2D eigenvalue weighted by atomic mass is 19.4. The second-order valence-electron chi connectivity index (χ2n) is 3.67. The molecule has 0 aliphatic carbocycles. The van der Waals surface area contributed by atoms with Gasteiger partial charge in [0.05, 0.1) is 0 Å². The number of nitrogens with zero attached hydrogens (tertiary/aromatic N) is 2. The Bertz CT molecular complexity index is 380. The van der Waals surface area contributed by atoms with E-state index in [9.17, 15) is 13.2 Å². The van der Waals surface area contributed by atoms with Crippen LogP contribution in [0.15, 0.2) is 6.07 Å². The fourth-order valence-corrected chi connectivity index (χ4v) is 1.33. The van der Waals surface area contributed by atoms with E-state index in [2.05, 4.69) is 20.6 Å². The van der Waals surface area contributed by atoms with Gasteiger partial charge >= 0.3 is 6.18 Å². The molecule has 0 aliphatic rings. The first-order valence-electron chi connectivity index (χ1n) is 5.60. The van der Waals surface area contributed by atoms with E-state index in [1.807, 2.05) is 6.92 Å². The van der Waals surface area contributed by atoms with Gasteiger partial charge in [-0.3, -0.25) is 0 Å². The second kappa shape index (κ2) is 6.27. The van der Waals surface area contributed by atoms with E-state index < -0.39 is 12.6 Å². The van der Waals surface area contributed by atoms with Gasteiger partial charge in [-0.05, 0) is 13.3 Å². The average molecular weight is 263 g/mol. The molecule has 0 bridgehead atoms. The Hall–Kier alpha value is -1.73. The van der Waals surface area contributed by atoms with Crippen molar-refractivity contribution < 1.29 is 13.2 Å². The summed E-state index contributed by atoms with van der Waals surface area (Å²) < 4.78 is 35.8. The van der Waals surface area contributed by atoms with E-state index in [0.717, 1.165) is 0 Å². The van der Waals surface area contributed by atoms with Crippen LogP contribution in [0.1, 0.15) is 19.8 Å². The number of anilines is 3. The third kappa shape index (κ3) is 5.55. The molecule has 8 heteroatoms. The normalized spacial score (nSPS) is 11.3. The van der Waals surface area contributed by atoms with Crippen molar-refractivity contribution >= 4 is 17.6 Å². The van der Waals surface area contributed by atoms with Crippen LogP contribution in [0.3, 0.4) is 0 Å². The highest BCUT2D eigenvalue weighted by molar-refractivity contribution is 5.50. The van der Waals surface area contributed by atoms with Crippen molar-refractivity contribution in [3.05, 3.63) is 6.07 Å². The van der Waals surface area contributed by atoms with E-state index in [1.165, 1.54) is 0 Å². The van der Waals surface area contributed by atoms with Crippen LogP contribution < -0.4 is 16.4 Å². The van der Waals surface area contributed by atoms with Crippen LogP contribution in [-0.4, -0.2) is 29.2 Å². The van der Waals surface area contributed by atoms with Gasteiger partial charge in [-0.2, -0.15) is 23.1 Å². The third-order valence-electron chi connectivity index (χ3n) is 2.04. The molecule has 4 N–H and O–H groups in total. The van der Waals surface area contributed by atoms with Crippen molar-refractivity contribution in [2.45, 2.75) is 25.9 Å². The molecular formula is C10H16F3N5. The number of aromatic nitrogens is 2. The van der Waals surface area contributed by atoms with E-state index >= 15 is 0 Å². The summed E-state index contributed by atoms with van der Waals surface area (Å²) in [6.07, 6.45) is -4.95. The first-order valence-corrected chi connectivity index (χ1v) is 5.60. The van der Waals surface area contributed by atoms with Gasteiger partial charge in [0.25, 0.3) is 0 Å². The van der Waals surface area contributed by atoms with Crippen LogP contribution in [0.5, 0.6) is 0 Å². The lowest BCUT2D eigenvalue weighted by molar-refractivity contribution is -0.134. The highest BCUT2D eigenvalue weighted by Gasteiger charge is 2.25. The molecule has 0 spiro atoms. The Morgan fingerprint density at radius 1 is 1.22 bits per heavy atom. The van der Waals surface area contributed by atoms with Crippen molar-refractivity contribution in [3.8, 4) is 0 Å². The molecule has 0 aliphatic heterocycles. The number of alkyl halides is 3. The minimum atomic E-state index is -4.12. The maximum Gasteiger partial charge on any atom is 0.389 e. The Morgan fingerprint density at radius 2 is 1.83 bits per heavy atom. The van der Waals surface area contributed by atoms with Gasteiger partial charge in [0, 0.05) is 25.6 Å². The zero-order valence-electron chi connectivity index (χ0n) is 10.0. The zero-order chi connectivity index (χ0) is 13.6. The molecule has 1 aromatic rings. The molecule has 0 aromatic carbocycles. The van der Waals surface area contributed by atoms with Crippen LogP contribution in [0.4, 0.5) is 30.8 Å². The summed E-state index contributed by atoms with van der Waals surface area (Å²) in [4.78, 5) is 7.81. The molecule has 1 rings (SSSR count). The fraction of sp³-hybridized carbons (Fsp3) is 0.600. The van der Waals surface area contributed by atoms with E-state index in [0.29, 0.717) is 18.2 Å². The average Bonchev–Trinajstić information content (AvgIpc) is 2.23. The quantitative estimate of drug-likeness (QED) is 0.686. The smallest absolute Gasteiger partial charge is 0.370 e. The summed E-state index contributed by atoms with van der Waals surface area (Å²) in [5.41, 5.74) is 5.48. The molecule has 0 atom stereocenters. The lowest BCUT2D eigenvalue weighted by atomic mass is 10.3. The summed E-state index contributed by atoms with van der Waals surface area (Å²) in [6, 6.07) is 1.60. The molecule has 0 radical (unpaired) electrons. The van der Waals surface area contributed by atoms with Gasteiger partial charge in [0.15, 0.2) is 0 Å². The van der Waals surface area contributed by atoms with Gasteiger partial charge in [0.1, 0.15) is 11.6 Å². The molecule has 0 fully saturated rings. The van der Waals surface area contributed by atoms with Crippen molar-refractivity contribution in [1.82, 2.24) is 9.97 Å². The first-order chi connectivity index (χ1) is 8.40. The number of halogens is 3. The summed E-state index contributed by atoms with van der Waals surface area (Å²) in [5, 5.41) is 5.74. The lowest BCUT2D eigenvalue weighted by Gasteiger charge is -2.09. The van der Waals surface area contributed by atoms with Crippen molar-refractivity contribution in [1.29, 1.82) is 0 Å². The van der Waals surface area contributed by atoms with Gasteiger partial charge in [0.2, 0.25) is 5.95 Å². The SMILES string of the molecule is CCNc1cc(NCCCC(F)(F)F)nc(N)n1. The molecule has 0 amide bonds. The van der Waals surface area contributed by atoms with E-state index in [4.69, 9.17) is 5.73 Å². The molecule has 1 aromatic heterocycles. The summed E-state index contributed by atoms with van der Waals surface area (Å²) in [7, 11) is 0. The van der Waals surface area contributed by atoms with Gasteiger partial charge in [-0.25, -0.2) is 0 Å². The zero-order valence-corrected chi connectivity index (χ0v) is 10.0. The lowest BCUT2D eigenvalue weighted by Crippen LogP contribution is -2.12. The number of nitrogens with one attached hydrogen (secondary N) is 2. The predicted molar refractivity (Wildman–Crippen MR) is 64.4 cm³/mol. The van der Waals surface area contributed by atoms with E-state index in [-0.39, 0.29) is 18.9 Å². The molecule has 1 heterocycles. The number of nitrogens with two attached hydrogens (primary N) is 1. The maximum atomic E-state index is 11.9. The van der Waals surface area contributed by atoms with Crippen molar-refractivity contribution in [2.24, 2.45) is 0 Å². The van der Waals surface area contributed by atoms with Gasteiger partial charge < -0.3 is 16.4 Å². The van der Waals surface area contributed by atoms with Crippen LogP contribution in [0.2, 0.25) is 0 Å². The number of hydrogen-bond donors (Lipinski definition) is 3. The van der Waals surface area contributed by atoms with E-state index in [1.54, 1.807) is 6.07 Å². The first kappa shape index (κ1) is 14.3. The Kier molecular flexibility index (Phi) is 4.99. The Balaban J connectivity index is 2.46. The Labute approximate surface area is 103 Å². The minimum Gasteiger partial charge on any atom is -0.370 e. The Morgan fingerprint density at radius 3 is 2.39 bits per heavy atom. The minimum absolute atomic E-state index is 0.00997. The monoisotopic (exact) mass is 263 g/mol. The van der Waals surface area contributed by atoms with Crippen LogP contribution in [-0.2, 0) is 0 Å². The number of hydrogen-bond acceptors (Lipinski definition) is 5. The third-order valence-corrected chi connectivity index (χ3v) is 2.04. The van der Waals surface area contributed by atoms with Crippen LogP contribution in [0.25, 0.3) is 0 Å². The summed E-state index contributed by atoms with van der Waals surface area (Å²) in [6.45, 7) is 2.75. The highest BCUT2D eigenvalue weighted by Crippen LogP contribution is 2.21. The van der Waals surface area contributed by atoms with Crippen LogP contribution in [0, 0.1) is 0 Å². The predicted octanol–water partition coefficient (Wildman–Crippen LogP) is 2.24. The van der Waals surface area contributed by atoms with Crippen molar-refractivity contribution in [3.63, 3.8) is 0 Å². The van der Waals surface area contributed by atoms with Gasteiger partial charge in [-0.15, -0.1) is 0 Å². The van der Waals surface area contributed by atoms with Crippen molar-refractivity contribution in [2.75, 3.05) is 29.5 Å². The standard InChI is InChI=1S/C10H16F3N5/c1-2-15-7-6-8(18-9(14)17-7)16-5-3-4-10(11,12)13/h6H,2-5H2,1H3,(H4,14,15,16,17,18). The summed E-state index contributed by atoms with van der Waals surface area (Å²) >= 11 is 0. The topological polar surface area (TPSA) is 75.9 Å². The second-order valence-corrected chi connectivity index (χ2v) is 3.67. The molecule has 0 saturated carbocycles. The molecule has 0 unspecified atom stereocenters. The van der Waals surface area contributed by atoms with Crippen LogP contribution >= 0.6 is 0 Å². The molecule has 5 nitrogen and oxygen atoms in total. The number of rotatable bonds is 6. The molecule has 102 valence electrons. The summed E-state index contributed by atoms with van der Waals surface area (Å²) in [5.74, 6) is 1.04. The maximum absolute atomic E-state index is 11.9. The molecule has 18 heavy (non-hydrogen) atoms. The number of nitrogen functional groups attached to an aromatic ring is 1. The molecular weight excluding hydrogens is 247 g/mol. The largest absolute Gasteiger partial charge is 0.389 e. The molecule has 0 saturated heterocycles. The van der Waals surface area contributed by atoms with Gasteiger partial charge in [-0.1, -0.05) is 0 Å². The fourth-order valence-electron chi connectivity index (χ4n) is 1.33.